The summed E-state index contributed by atoms with van der Waals surface area (Å²) in [4.78, 5) is 4.17. The highest BCUT2D eigenvalue weighted by Gasteiger charge is 2.23. The van der Waals surface area contributed by atoms with Crippen molar-refractivity contribution in [2.24, 2.45) is 0 Å². The van der Waals surface area contributed by atoms with Crippen molar-refractivity contribution in [1.29, 1.82) is 0 Å². The minimum atomic E-state index is -2.45. The Labute approximate surface area is 185 Å². The second-order valence-electron chi connectivity index (χ2n) is 6.70. The molecule has 10 heteroatoms. The van der Waals surface area contributed by atoms with Crippen molar-refractivity contribution in [1.82, 2.24) is 0 Å². The number of para-hydroxylation sites is 2. The van der Waals surface area contributed by atoms with E-state index in [9.17, 15) is 17.6 Å². The summed E-state index contributed by atoms with van der Waals surface area (Å²) in [6, 6.07) is 20.7. The third-order valence-corrected chi connectivity index (χ3v) is 3.85. The molecule has 3 aromatic carbocycles. The van der Waals surface area contributed by atoms with E-state index in [1.807, 2.05) is 64.6 Å². The first-order valence-electron chi connectivity index (χ1n) is 9.35. The van der Waals surface area contributed by atoms with Gasteiger partial charge in [-0.25, -0.2) is 13.2 Å². The summed E-state index contributed by atoms with van der Waals surface area (Å²) in [5.74, 6) is -8.74. The maximum Gasteiger partial charge on any atom is 0.707 e. The van der Waals surface area contributed by atoms with E-state index < -0.39 is 36.3 Å². The monoisotopic (exact) mass is 452 g/mol. The van der Waals surface area contributed by atoms with Crippen molar-refractivity contribution in [3.63, 3.8) is 0 Å². The summed E-state index contributed by atoms with van der Waals surface area (Å²) in [6.07, 6.45) is 0. The van der Waals surface area contributed by atoms with Crippen molar-refractivity contribution in [3.8, 4) is 5.75 Å². The van der Waals surface area contributed by atoms with Gasteiger partial charge in [0.05, 0.1) is 0 Å². The molecule has 0 aliphatic carbocycles. The van der Waals surface area contributed by atoms with Crippen LogP contribution in [-0.4, -0.2) is 45.6 Å². The van der Waals surface area contributed by atoms with Gasteiger partial charge in [0.2, 0.25) is 11.6 Å². The Morgan fingerprint density at radius 2 is 1.06 bits per heavy atom. The molecule has 2 N–H and O–H groups in total. The lowest BCUT2D eigenvalue weighted by Crippen LogP contribution is -2.21. The molecular formula is C22H25BF4N2O3. The maximum absolute atomic E-state index is 12.7. The van der Waals surface area contributed by atoms with Gasteiger partial charge in [0.1, 0.15) is 5.75 Å². The van der Waals surface area contributed by atoms with Crippen molar-refractivity contribution in [3.05, 3.63) is 90.0 Å². The molecule has 0 radical (unpaired) electrons. The molecule has 0 aliphatic rings. The second kappa shape index (κ2) is 13.2. The predicted molar refractivity (Wildman–Crippen MR) is 119 cm³/mol. The van der Waals surface area contributed by atoms with Crippen molar-refractivity contribution >= 4 is 18.7 Å². The van der Waals surface area contributed by atoms with Crippen LogP contribution in [0, 0.1) is 23.3 Å². The van der Waals surface area contributed by atoms with Gasteiger partial charge in [-0.2, -0.15) is 4.39 Å². The number of halogens is 4. The van der Waals surface area contributed by atoms with Gasteiger partial charge in [-0.3, -0.25) is 0 Å². The number of rotatable bonds is 4. The highest BCUT2D eigenvalue weighted by atomic mass is 19.2. The van der Waals surface area contributed by atoms with E-state index in [0.717, 1.165) is 0 Å². The molecule has 3 rings (SSSR count). The van der Waals surface area contributed by atoms with Gasteiger partial charge in [0.25, 0.3) is 0 Å². The topological polar surface area (TPSA) is 56.2 Å². The third kappa shape index (κ3) is 8.87. The first-order chi connectivity index (χ1) is 15.0. The molecule has 0 aliphatic heterocycles. The lowest BCUT2D eigenvalue weighted by Gasteiger charge is -2.10. The normalized spacial score (nSPS) is 9.56. The standard InChI is InChI=1S/2C8H11N.C6H3BF4O3/c2*1-9(2)8-6-4-3-5-7-8;8-2-1-3(14-7(12)13)5(10)6(11)4(2)9/h2*3-7H,1-2H3;1,12-13H. The van der Waals surface area contributed by atoms with Crippen LogP contribution in [0.5, 0.6) is 5.75 Å². The van der Waals surface area contributed by atoms with Crippen LogP contribution in [0.4, 0.5) is 28.9 Å². The molecule has 0 bridgehead atoms. The Morgan fingerprint density at radius 3 is 1.38 bits per heavy atom. The molecule has 0 saturated carbocycles. The molecule has 0 amide bonds. The van der Waals surface area contributed by atoms with E-state index in [-0.39, 0.29) is 6.07 Å². The number of hydrogen-bond acceptors (Lipinski definition) is 5. The second-order valence-corrected chi connectivity index (χ2v) is 6.70. The van der Waals surface area contributed by atoms with Gasteiger partial charge in [-0.1, -0.05) is 36.4 Å². The fourth-order valence-corrected chi connectivity index (χ4v) is 2.20. The van der Waals surface area contributed by atoms with Crippen LogP contribution in [0.15, 0.2) is 66.7 Å². The molecule has 32 heavy (non-hydrogen) atoms. The van der Waals surface area contributed by atoms with Gasteiger partial charge >= 0.3 is 7.32 Å². The molecule has 0 spiro atoms. The molecule has 0 aromatic heterocycles. The van der Waals surface area contributed by atoms with Crippen molar-refractivity contribution in [2.45, 2.75) is 0 Å². The zero-order valence-corrected chi connectivity index (χ0v) is 18.1. The Kier molecular flexibility index (Phi) is 11.1. The number of hydrogen-bond donors (Lipinski definition) is 2. The van der Waals surface area contributed by atoms with E-state index in [2.05, 4.69) is 38.7 Å². The molecular weight excluding hydrogens is 427 g/mol. The molecule has 0 heterocycles. The van der Waals surface area contributed by atoms with E-state index in [1.54, 1.807) is 0 Å². The SMILES string of the molecule is CN(C)c1ccccc1.CN(C)c1ccccc1.OB(O)Oc1cc(F)c(F)c(F)c1F. The van der Waals surface area contributed by atoms with E-state index >= 15 is 0 Å². The smallest absolute Gasteiger partial charge is 0.509 e. The first-order valence-corrected chi connectivity index (χ1v) is 9.35. The van der Waals surface area contributed by atoms with E-state index in [0.29, 0.717) is 0 Å². The quantitative estimate of drug-likeness (QED) is 0.270. The average Bonchev–Trinajstić information content (AvgIpc) is 2.78. The number of anilines is 2. The molecule has 172 valence electrons. The van der Waals surface area contributed by atoms with Crippen LogP contribution in [0.25, 0.3) is 0 Å². The van der Waals surface area contributed by atoms with Crippen LogP contribution in [-0.2, 0) is 0 Å². The Morgan fingerprint density at radius 1 is 0.656 bits per heavy atom. The third-order valence-electron chi connectivity index (χ3n) is 3.85. The Bertz CT molecular complexity index is 903. The highest BCUT2D eigenvalue weighted by Crippen LogP contribution is 2.24. The minimum absolute atomic E-state index is 0.160. The van der Waals surface area contributed by atoms with Crippen LogP contribution < -0.4 is 14.5 Å². The van der Waals surface area contributed by atoms with Gasteiger partial charge < -0.3 is 24.5 Å². The Hall–Kier alpha value is -3.24. The highest BCUT2D eigenvalue weighted by molar-refractivity contribution is 6.33. The van der Waals surface area contributed by atoms with Crippen LogP contribution >= 0.6 is 0 Å². The van der Waals surface area contributed by atoms with Crippen molar-refractivity contribution in [2.75, 3.05) is 38.0 Å². The fraction of sp³-hybridized carbons (Fsp3) is 0.182. The summed E-state index contributed by atoms with van der Waals surface area (Å²) in [5.41, 5.74) is 2.50. The molecule has 0 unspecified atom stereocenters. The van der Waals surface area contributed by atoms with Gasteiger partial charge in [0.15, 0.2) is 11.6 Å². The average molecular weight is 452 g/mol. The van der Waals surface area contributed by atoms with Gasteiger partial charge in [-0.15, -0.1) is 0 Å². The lowest BCUT2D eigenvalue weighted by atomic mass is 10.2. The molecule has 5 nitrogen and oxygen atoms in total. The van der Waals surface area contributed by atoms with Crippen LogP contribution in [0.1, 0.15) is 0 Å². The predicted octanol–water partition coefficient (Wildman–Crippen LogP) is 4.10. The Balaban J connectivity index is 0.000000250. The zero-order valence-electron chi connectivity index (χ0n) is 18.1. The van der Waals surface area contributed by atoms with Gasteiger partial charge in [-0.05, 0) is 24.3 Å². The summed E-state index contributed by atoms with van der Waals surface area (Å²) in [7, 11) is 5.70. The summed E-state index contributed by atoms with van der Waals surface area (Å²) < 4.78 is 53.8. The van der Waals surface area contributed by atoms with Gasteiger partial charge in [0, 0.05) is 45.6 Å². The summed E-state index contributed by atoms with van der Waals surface area (Å²) in [5, 5.41) is 16.4. The minimum Gasteiger partial charge on any atom is -0.509 e. The summed E-state index contributed by atoms with van der Waals surface area (Å²) >= 11 is 0. The van der Waals surface area contributed by atoms with E-state index in [4.69, 9.17) is 10.0 Å². The van der Waals surface area contributed by atoms with Crippen LogP contribution in [0.3, 0.4) is 0 Å². The van der Waals surface area contributed by atoms with Crippen LogP contribution in [0.2, 0.25) is 0 Å². The first kappa shape index (κ1) is 26.8. The van der Waals surface area contributed by atoms with E-state index in [1.165, 1.54) is 11.4 Å². The zero-order chi connectivity index (χ0) is 24.3. The molecule has 0 saturated heterocycles. The maximum atomic E-state index is 12.7. The molecule has 3 aromatic rings. The number of benzene rings is 3. The summed E-state index contributed by atoms with van der Waals surface area (Å²) in [6.45, 7) is 0. The number of nitrogens with zero attached hydrogens (tertiary/aromatic N) is 2. The lowest BCUT2D eigenvalue weighted by molar-refractivity contribution is 0.276. The fourth-order valence-electron chi connectivity index (χ4n) is 2.20. The van der Waals surface area contributed by atoms with Crippen molar-refractivity contribution < 1.29 is 32.3 Å². The molecule has 0 fully saturated rings. The largest absolute Gasteiger partial charge is 0.707 e. The molecule has 0 atom stereocenters.